The Morgan fingerprint density at radius 3 is 3.15 bits per heavy atom. The van der Waals surface area contributed by atoms with E-state index >= 15 is 0 Å². The van der Waals surface area contributed by atoms with E-state index in [0.29, 0.717) is 13.0 Å². The molecule has 0 spiro atoms. The van der Waals surface area contributed by atoms with Crippen LogP contribution in [0.5, 0.6) is 0 Å². The normalized spacial score (nSPS) is 20.1. The summed E-state index contributed by atoms with van der Waals surface area (Å²) in [6.07, 6.45) is 5.19. The van der Waals surface area contributed by atoms with Crippen molar-refractivity contribution in [2.45, 2.75) is 38.6 Å². The third-order valence-electron chi connectivity index (χ3n) is 2.20. The number of allylic oxidation sites excluding steroid dienone is 1. The summed E-state index contributed by atoms with van der Waals surface area (Å²) < 4.78 is 0. The van der Waals surface area contributed by atoms with E-state index in [1.165, 1.54) is 5.06 Å². The van der Waals surface area contributed by atoms with Gasteiger partial charge in [-0.15, -0.1) is 6.58 Å². The molecule has 1 unspecified atom stereocenters. The third kappa shape index (κ3) is 2.84. The highest BCUT2D eigenvalue weighted by atomic mass is 16.7. The molecule has 1 aliphatic rings. The van der Waals surface area contributed by atoms with E-state index in [2.05, 4.69) is 6.58 Å². The zero-order chi connectivity index (χ0) is 9.68. The fourth-order valence-corrected chi connectivity index (χ4v) is 1.42. The Morgan fingerprint density at radius 2 is 2.54 bits per heavy atom. The molecule has 0 aliphatic carbocycles. The van der Waals surface area contributed by atoms with Crippen molar-refractivity contribution in [2.75, 3.05) is 6.61 Å². The molecule has 1 fully saturated rings. The fourth-order valence-electron chi connectivity index (χ4n) is 1.42. The predicted molar refractivity (Wildman–Crippen MR) is 50.9 cm³/mol. The Balaban J connectivity index is 2.38. The number of carbonyl (C=O) groups is 1. The molecule has 1 aliphatic heterocycles. The van der Waals surface area contributed by atoms with Crippen molar-refractivity contribution < 1.29 is 9.63 Å². The minimum absolute atomic E-state index is 0.114. The third-order valence-corrected chi connectivity index (χ3v) is 2.20. The fraction of sp³-hybridized carbons (Fsp3) is 0.700. The molecule has 1 atom stereocenters. The van der Waals surface area contributed by atoms with Gasteiger partial charge in [-0.25, -0.2) is 5.06 Å². The number of nitrogens with zero attached hydrogens (tertiary/aromatic N) is 1. The first-order valence-electron chi connectivity index (χ1n) is 4.81. The van der Waals surface area contributed by atoms with Crippen LogP contribution in [-0.4, -0.2) is 23.6 Å². The molecule has 13 heavy (non-hydrogen) atoms. The standard InChI is InChI=1S/C10H17NO2/c1-3-4-6-9(2)11-10(12)7-5-8-13-11/h3,9H,1,4-8H2,2H3. The van der Waals surface area contributed by atoms with Crippen molar-refractivity contribution in [3.05, 3.63) is 12.7 Å². The van der Waals surface area contributed by atoms with Crippen LogP contribution in [0, 0.1) is 0 Å². The number of rotatable bonds is 4. The SMILES string of the molecule is C=CCCC(C)N1OCCCC1=O. The highest BCUT2D eigenvalue weighted by Gasteiger charge is 2.23. The second-order valence-corrected chi connectivity index (χ2v) is 3.37. The van der Waals surface area contributed by atoms with Gasteiger partial charge in [0.05, 0.1) is 12.6 Å². The number of amides is 1. The van der Waals surface area contributed by atoms with Crippen LogP contribution in [-0.2, 0) is 9.63 Å². The Morgan fingerprint density at radius 1 is 1.77 bits per heavy atom. The summed E-state index contributed by atoms with van der Waals surface area (Å²) in [5.41, 5.74) is 0. The maximum Gasteiger partial charge on any atom is 0.246 e. The van der Waals surface area contributed by atoms with Gasteiger partial charge in [-0.1, -0.05) is 6.08 Å². The summed E-state index contributed by atoms with van der Waals surface area (Å²) in [6, 6.07) is 0.172. The van der Waals surface area contributed by atoms with Crippen molar-refractivity contribution in [3.8, 4) is 0 Å². The molecule has 1 amide bonds. The summed E-state index contributed by atoms with van der Waals surface area (Å²) in [4.78, 5) is 16.7. The molecule has 1 heterocycles. The van der Waals surface area contributed by atoms with Gasteiger partial charge in [0.15, 0.2) is 0 Å². The molecule has 0 aromatic heterocycles. The Kier molecular flexibility index (Phi) is 3.96. The van der Waals surface area contributed by atoms with Gasteiger partial charge >= 0.3 is 0 Å². The lowest BCUT2D eigenvalue weighted by atomic mass is 10.1. The molecule has 0 radical (unpaired) electrons. The minimum atomic E-state index is 0.114. The zero-order valence-corrected chi connectivity index (χ0v) is 8.16. The molecule has 3 nitrogen and oxygen atoms in total. The molecule has 74 valence electrons. The Bertz CT molecular complexity index is 191. The van der Waals surface area contributed by atoms with Gasteiger partial charge in [-0.2, -0.15) is 0 Å². The lowest BCUT2D eigenvalue weighted by Crippen LogP contribution is -2.41. The second kappa shape index (κ2) is 5.02. The molecular formula is C10H17NO2. The first-order valence-corrected chi connectivity index (χ1v) is 4.81. The van der Waals surface area contributed by atoms with Crippen LogP contribution in [0.3, 0.4) is 0 Å². The van der Waals surface area contributed by atoms with Crippen LogP contribution < -0.4 is 0 Å². The highest BCUT2D eigenvalue weighted by molar-refractivity contribution is 5.75. The number of hydrogen-bond acceptors (Lipinski definition) is 2. The topological polar surface area (TPSA) is 29.5 Å². The van der Waals surface area contributed by atoms with Crippen LogP contribution in [0.1, 0.15) is 32.6 Å². The van der Waals surface area contributed by atoms with Crippen LogP contribution >= 0.6 is 0 Å². The van der Waals surface area contributed by atoms with Crippen molar-refractivity contribution in [3.63, 3.8) is 0 Å². The van der Waals surface area contributed by atoms with Gasteiger partial charge in [-0.05, 0) is 26.2 Å². The van der Waals surface area contributed by atoms with E-state index in [9.17, 15) is 4.79 Å². The molecule has 0 saturated carbocycles. The Labute approximate surface area is 79.3 Å². The van der Waals surface area contributed by atoms with Crippen LogP contribution in [0.15, 0.2) is 12.7 Å². The second-order valence-electron chi connectivity index (χ2n) is 3.37. The molecule has 0 aromatic rings. The van der Waals surface area contributed by atoms with Crippen molar-refractivity contribution in [2.24, 2.45) is 0 Å². The van der Waals surface area contributed by atoms with E-state index < -0.39 is 0 Å². The van der Waals surface area contributed by atoms with Gasteiger partial charge < -0.3 is 0 Å². The molecule has 1 saturated heterocycles. The summed E-state index contributed by atoms with van der Waals surface area (Å²) in [5, 5.41) is 1.52. The monoisotopic (exact) mass is 183 g/mol. The average Bonchev–Trinajstić information content (AvgIpc) is 2.15. The van der Waals surface area contributed by atoms with Crippen molar-refractivity contribution in [1.29, 1.82) is 0 Å². The van der Waals surface area contributed by atoms with Crippen LogP contribution in [0.2, 0.25) is 0 Å². The number of hydrogen-bond donors (Lipinski definition) is 0. The maximum atomic E-state index is 11.4. The van der Waals surface area contributed by atoms with Crippen LogP contribution in [0.4, 0.5) is 0 Å². The van der Waals surface area contributed by atoms with E-state index in [-0.39, 0.29) is 11.9 Å². The van der Waals surface area contributed by atoms with E-state index in [1.807, 2.05) is 13.0 Å². The number of carbonyl (C=O) groups excluding carboxylic acids is 1. The molecule has 0 aromatic carbocycles. The highest BCUT2D eigenvalue weighted by Crippen LogP contribution is 2.14. The van der Waals surface area contributed by atoms with Crippen LogP contribution in [0.25, 0.3) is 0 Å². The van der Waals surface area contributed by atoms with Gasteiger partial charge in [0.25, 0.3) is 0 Å². The van der Waals surface area contributed by atoms with Gasteiger partial charge in [0, 0.05) is 6.42 Å². The van der Waals surface area contributed by atoms with Gasteiger partial charge in [0.2, 0.25) is 5.91 Å². The summed E-state index contributed by atoms with van der Waals surface area (Å²) in [5.74, 6) is 0.114. The molecule has 0 bridgehead atoms. The first kappa shape index (κ1) is 10.3. The summed E-state index contributed by atoms with van der Waals surface area (Å²) in [6.45, 7) is 6.33. The van der Waals surface area contributed by atoms with E-state index in [1.54, 1.807) is 0 Å². The lowest BCUT2D eigenvalue weighted by molar-refractivity contribution is -0.210. The largest absolute Gasteiger partial charge is 0.273 e. The number of hydroxylamine groups is 2. The predicted octanol–water partition coefficient (Wildman–Crippen LogP) is 1.90. The molecule has 1 rings (SSSR count). The summed E-state index contributed by atoms with van der Waals surface area (Å²) in [7, 11) is 0. The quantitative estimate of drug-likeness (QED) is 0.623. The average molecular weight is 183 g/mol. The van der Waals surface area contributed by atoms with Gasteiger partial charge in [-0.3, -0.25) is 9.63 Å². The van der Waals surface area contributed by atoms with Crippen molar-refractivity contribution in [1.82, 2.24) is 5.06 Å². The molecule has 3 heteroatoms. The first-order chi connectivity index (χ1) is 6.25. The maximum absolute atomic E-state index is 11.4. The lowest BCUT2D eigenvalue weighted by Gasteiger charge is -2.31. The van der Waals surface area contributed by atoms with Gasteiger partial charge in [0.1, 0.15) is 0 Å². The molecule has 0 N–H and O–H groups in total. The zero-order valence-electron chi connectivity index (χ0n) is 8.16. The van der Waals surface area contributed by atoms with E-state index in [4.69, 9.17) is 4.84 Å². The smallest absolute Gasteiger partial charge is 0.246 e. The van der Waals surface area contributed by atoms with E-state index in [0.717, 1.165) is 19.3 Å². The van der Waals surface area contributed by atoms with Crippen molar-refractivity contribution >= 4 is 5.91 Å². The minimum Gasteiger partial charge on any atom is -0.273 e. The molecular weight excluding hydrogens is 166 g/mol. The summed E-state index contributed by atoms with van der Waals surface area (Å²) >= 11 is 0. The Hall–Kier alpha value is -0.830.